The maximum absolute atomic E-state index is 5.83. The van der Waals surface area contributed by atoms with Crippen molar-refractivity contribution in [3.8, 4) is 0 Å². The summed E-state index contributed by atoms with van der Waals surface area (Å²) < 4.78 is 0. The molecular formula is C12H16N2. The number of fused-ring (bicyclic) bond motifs is 1. The largest absolute Gasteiger partial charge is 0.384 e. The lowest BCUT2D eigenvalue weighted by Crippen LogP contribution is -2.19. The van der Waals surface area contributed by atoms with E-state index in [2.05, 4.69) is 23.5 Å². The van der Waals surface area contributed by atoms with Gasteiger partial charge in [-0.05, 0) is 36.5 Å². The van der Waals surface area contributed by atoms with Gasteiger partial charge >= 0.3 is 0 Å². The number of anilines is 1. The number of benzene rings is 1. The minimum atomic E-state index is 0.345. The van der Waals surface area contributed by atoms with Crippen LogP contribution in [0.1, 0.15) is 24.0 Å². The van der Waals surface area contributed by atoms with Gasteiger partial charge in [-0.3, -0.25) is 0 Å². The van der Waals surface area contributed by atoms with Gasteiger partial charge in [0.05, 0.1) is 0 Å². The van der Waals surface area contributed by atoms with Crippen LogP contribution in [0.15, 0.2) is 18.2 Å². The van der Waals surface area contributed by atoms with Gasteiger partial charge in [0.15, 0.2) is 0 Å². The molecule has 1 fully saturated rings. The van der Waals surface area contributed by atoms with Crippen LogP contribution >= 0.6 is 0 Å². The van der Waals surface area contributed by atoms with E-state index in [1.54, 1.807) is 0 Å². The predicted octanol–water partition coefficient (Wildman–Crippen LogP) is 1.64. The Morgan fingerprint density at radius 2 is 2.21 bits per heavy atom. The summed E-state index contributed by atoms with van der Waals surface area (Å²) in [7, 11) is 0. The summed E-state index contributed by atoms with van der Waals surface area (Å²) in [6, 6.07) is 6.82. The van der Waals surface area contributed by atoms with Crippen LogP contribution < -0.4 is 11.1 Å². The Balaban J connectivity index is 2.00. The molecule has 74 valence electrons. The maximum atomic E-state index is 5.83. The van der Waals surface area contributed by atoms with Gasteiger partial charge in [0.25, 0.3) is 0 Å². The number of nitrogens with two attached hydrogens (primary N) is 1. The number of nitrogens with one attached hydrogen (secondary N) is 1. The zero-order chi connectivity index (χ0) is 9.60. The summed E-state index contributed by atoms with van der Waals surface area (Å²) in [6.45, 7) is 1.90. The molecule has 0 atom stereocenters. The first-order valence-corrected chi connectivity index (χ1v) is 5.41. The minimum Gasteiger partial charge on any atom is -0.384 e. The van der Waals surface area contributed by atoms with Crippen LogP contribution in [0.4, 0.5) is 5.69 Å². The summed E-state index contributed by atoms with van der Waals surface area (Å²) in [4.78, 5) is 0. The first kappa shape index (κ1) is 8.30. The van der Waals surface area contributed by atoms with E-state index in [-0.39, 0.29) is 0 Å². The number of rotatable bonds is 2. The van der Waals surface area contributed by atoms with Crippen LogP contribution in [0.3, 0.4) is 0 Å². The number of hydrogen-bond donors (Lipinski definition) is 2. The van der Waals surface area contributed by atoms with Crippen LogP contribution in [0.25, 0.3) is 0 Å². The SMILES string of the molecule is NCC1(c2ccc3c(c2)CCN3)CC1. The molecule has 0 radical (unpaired) electrons. The Bertz CT molecular complexity index is 367. The van der Waals surface area contributed by atoms with E-state index in [1.165, 1.54) is 36.1 Å². The Hall–Kier alpha value is -1.02. The van der Waals surface area contributed by atoms with Crippen molar-refractivity contribution in [1.82, 2.24) is 0 Å². The van der Waals surface area contributed by atoms with Crippen molar-refractivity contribution in [3.63, 3.8) is 0 Å². The lowest BCUT2D eigenvalue weighted by Gasteiger charge is -2.13. The average Bonchev–Trinajstić information content (AvgIpc) is 2.89. The second kappa shape index (κ2) is 2.74. The molecule has 14 heavy (non-hydrogen) atoms. The van der Waals surface area contributed by atoms with Crippen molar-refractivity contribution >= 4 is 5.69 Å². The van der Waals surface area contributed by atoms with E-state index in [0.717, 1.165) is 13.1 Å². The summed E-state index contributed by atoms with van der Waals surface area (Å²) in [5.74, 6) is 0. The third kappa shape index (κ3) is 1.07. The average molecular weight is 188 g/mol. The monoisotopic (exact) mass is 188 g/mol. The van der Waals surface area contributed by atoms with Crippen LogP contribution in [-0.4, -0.2) is 13.1 Å². The molecule has 0 aromatic heterocycles. The van der Waals surface area contributed by atoms with Crippen LogP contribution in [0.5, 0.6) is 0 Å². The van der Waals surface area contributed by atoms with Crippen LogP contribution in [0, 0.1) is 0 Å². The van der Waals surface area contributed by atoms with Gasteiger partial charge in [-0.1, -0.05) is 12.1 Å². The van der Waals surface area contributed by atoms with Crippen LogP contribution in [-0.2, 0) is 11.8 Å². The van der Waals surface area contributed by atoms with Crippen molar-refractivity contribution < 1.29 is 0 Å². The zero-order valence-corrected chi connectivity index (χ0v) is 8.34. The van der Waals surface area contributed by atoms with Crippen LogP contribution in [0.2, 0.25) is 0 Å². The van der Waals surface area contributed by atoms with Gasteiger partial charge in [-0.15, -0.1) is 0 Å². The molecule has 0 saturated heterocycles. The molecule has 0 bridgehead atoms. The molecule has 0 spiro atoms. The highest BCUT2D eigenvalue weighted by Crippen LogP contribution is 2.48. The van der Waals surface area contributed by atoms with Crippen molar-refractivity contribution in [2.24, 2.45) is 5.73 Å². The van der Waals surface area contributed by atoms with Gasteiger partial charge in [0.2, 0.25) is 0 Å². The maximum Gasteiger partial charge on any atom is 0.0373 e. The molecule has 0 amide bonds. The Morgan fingerprint density at radius 1 is 1.36 bits per heavy atom. The van der Waals surface area contributed by atoms with E-state index in [0.29, 0.717) is 5.41 Å². The van der Waals surface area contributed by atoms with Gasteiger partial charge in [0.1, 0.15) is 0 Å². The van der Waals surface area contributed by atoms with Gasteiger partial charge in [0, 0.05) is 24.2 Å². The summed E-state index contributed by atoms with van der Waals surface area (Å²) in [5.41, 5.74) is 10.4. The van der Waals surface area contributed by atoms with Crippen molar-refractivity contribution in [3.05, 3.63) is 29.3 Å². The molecular weight excluding hydrogens is 172 g/mol. The highest BCUT2D eigenvalue weighted by atomic mass is 14.9. The first-order valence-electron chi connectivity index (χ1n) is 5.41. The second-order valence-corrected chi connectivity index (χ2v) is 4.53. The van der Waals surface area contributed by atoms with Crippen molar-refractivity contribution in [2.45, 2.75) is 24.7 Å². The highest BCUT2D eigenvalue weighted by molar-refractivity contribution is 5.58. The highest BCUT2D eigenvalue weighted by Gasteiger charge is 2.43. The molecule has 1 aliphatic carbocycles. The Morgan fingerprint density at radius 3 is 2.93 bits per heavy atom. The Kier molecular flexibility index (Phi) is 1.62. The smallest absolute Gasteiger partial charge is 0.0373 e. The molecule has 3 rings (SSSR count). The molecule has 1 aromatic rings. The van der Waals surface area contributed by atoms with E-state index >= 15 is 0 Å². The topological polar surface area (TPSA) is 38.0 Å². The summed E-state index contributed by atoms with van der Waals surface area (Å²) in [6.07, 6.45) is 3.72. The molecule has 1 aliphatic heterocycles. The Labute approximate surface area is 84.5 Å². The lowest BCUT2D eigenvalue weighted by molar-refractivity contribution is 0.704. The third-order valence-electron chi connectivity index (χ3n) is 3.67. The second-order valence-electron chi connectivity index (χ2n) is 4.53. The summed E-state index contributed by atoms with van der Waals surface area (Å²) >= 11 is 0. The van der Waals surface area contributed by atoms with Crippen molar-refractivity contribution in [2.75, 3.05) is 18.4 Å². The fourth-order valence-electron chi connectivity index (χ4n) is 2.40. The standard InChI is InChI=1S/C12H16N2/c13-8-12(4-5-12)10-1-2-11-9(7-10)3-6-14-11/h1-2,7,14H,3-6,8,13H2. The number of hydrogen-bond acceptors (Lipinski definition) is 2. The van der Waals surface area contributed by atoms with E-state index in [1.807, 2.05) is 0 Å². The van der Waals surface area contributed by atoms with Gasteiger partial charge < -0.3 is 11.1 Å². The fraction of sp³-hybridized carbons (Fsp3) is 0.500. The van der Waals surface area contributed by atoms with Gasteiger partial charge in [-0.2, -0.15) is 0 Å². The van der Waals surface area contributed by atoms with Gasteiger partial charge in [-0.25, -0.2) is 0 Å². The molecule has 1 heterocycles. The molecule has 2 nitrogen and oxygen atoms in total. The summed E-state index contributed by atoms with van der Waals surface area (Å²) in [5, 5.41) is 3.39. The quantitative estimate of drug-likeness (QED) is 0.740. The van der Waals surface area contributed by atoms with E-state index in [9.17, 15) is 0 Å². The predicted molar refractivity (Wildman–Crippen MR) is 58.6 cm³/mol. The molecule has 1 aromatic carbocycles. The molecule has 2 aliphatic rings. The molecule has 0 unspecified atom stereocenters. The van der Waals surface area contributed by atoms with Crippen molar-refractivity contribution in [1.29, 1.82) is 0 Å². The zero-order valence-electron chi connectivity index (χ0n) is 8.34. The minimum absolute atomic E-state index is 0.345. The fourth-order valence-corrected chi connectivity index (χ4v) is 2.40. The molecule has 2 heteroatoms. The molecule has 3 N–H and O–H groups in total. The van der Waals surface area contributed by atoms with E-state index < -0.39 is 0 Å². The normalized spacial score (nSPS) is 21.5. The lowest BCUT2D eigenvalue weighted by atomic mass is 9.94. The third-order valence-corrected chi connectivity index (χ3v) is 3.67. The first-order chi connectivity index (χ1) is 6.84. The van der Waals surface area contributed by atoms with E-state index in [4.69, 9.17) is 5.73 Å². The molecule has 1 saturated carbocycles.